The molecule has 5 nitrogen and oxygen atoms in total. The molecule has 0 aromatic heterocycles. The summed E-state index contributed by atoms with van der Waals surface area (Å²) >= 11 is 0. The number of benzene rings is 1. The fraction of sp³-hybridized carbons (Fsp3) is 0.300. The average molecular weight is 264 g/mol. The smallest absolute Gasteiger partial charge is 0.392 e. The third-order valence-corrected chi connectivity index (χ3v) is 1.94. The van der Waals surface area contributed by atoms with Crippen molar-refractivity contribution < 1.29 is 27.9 Å². The number of aliphatic hydroxyl groups is 1. The van der Waals surface area contributed by atoms with E-state index in [0.717, 1.165) is 0 Å². The van der Waals surface area contributed by atoms with Crippen LogP contribution in [0.15, 0.2) is 24.3 Å². The van der Waals surface area contributed by atoms with Crippen LogP contribution >= 0.6 is 0 Å². The first-order valence-electron chi connectivity index (χ1n) is 4.83. The zero-order chi connectivity index (χ0) is 13.8. The lowest BCUT2D eigenvalue weighted by Crippen LogP contribution is -2.38. The number of carbonyl (C=O) groups excluding carboxylic acids is 1. The molecule has 1 rings (SSSR count). The van der Waals surface area contributed by atoms with Gasteiger partial charge in [0.2, 0.25) is 0 Å². The second kappa shape index (κ2) is 5.80. The minimum Gasteiger partial charge on any atom is -0.392 e. The summed E-state index contributed by atoms with van der Waals surface area (Å²) < 4.78 is 35.6. The van der Waals surface area contributed by atoms with Crippen LogP contribution in [0.1, 0.15) is 11.1 Å². The van der Waals surface area contributed by atoms with E-state index >= 15 is 0 Å². The quantitative estimate of drug-likeness (QED) is 0.623. The van der Waals surface area contributed by atoms with Gasteiger partial charge in [-0.05, 0) is 11.1 Å². The zero-order valence-electron chi connectivity index (χ0n) is 9.15. The second-order valence-corrected chi connectivity index (χ2v) is 3.43. The number of alkyl halides is 3. The average Bonchev–Trinajstić information content (AvgIpc) is 2.27. The van der Waals surface area contributed by atoms with E-state index in [1.165, 1.54) is 6.07 Å². The highest BCUT2D eigenvalue weighted by atomic mass is 19.4. The van der Waals surface area contributed by atoms with Crippen molar-refractivity contribution in [3.8, 4) is 0 Å². The lowest BCUT2D eigenvalue weighted by molar-refractivity contribution is -0.241. The van der Waals surface area contributed by atoms with Crippen molar-refractivity contribution >= 4 is 5.97 Å². The van der Waals surface area contributed by atoms with Crippen molar-refractivity contribution in [2.75, 3.05) is 0 Å². The molecule has 8 heteroatoms. The van der Waals surface area contributed by atoms with Gasteiger partial charge in [-0.3, -0.25) is 0 Å². The zero-order valence-corrected chi connectivity index (χ0v) is 9.15. The molecule has 0 saturated heterocycles. The lowest BCUT2D eigenvalue weighted by atomic mass is 10.1. The summed E-state index contributed by atoms with van der Waals surface area (Å²) in [6.07, 6.45) is -5.09. The van der Waals surface area contributed by atoms with Crippen molar-refractivity contribution in [3.05, 3.63) is 35.4 Å². The first kappa shape index (κ1) is 14.4. The largest absolute Gasteiger partial charge is 0.492 e. The molecule has 0 radical (unpaired) electrons. The molecule has 0 unspecified atom stereocenters. The highest BCUT2D eigenvalue weighted by Gasteiger charge is 2.42. The number of hydrogen-bond donors (Lipinski definition) is 2. The fourth-order valence-corrected chi connectivity index (χ4v) is 1.20. The van der Waals surface area contributed by atoms with Crippen LogP contribution in [0.3, 0.4) is 0 Å². The van der Waals surface area contributed by atoms with E-state index in [4.69, 9.17) is 10.9 Å². The Bertz CT molecular complexity index is 423. The van der Waals surface area contributed by atoms with Gasteiger partial charge in [0.1, 0.15) is 0 Å². The van der Waals surface area contributed by atoms with Crippen LogP contribution in [-0.2, 0) is 22.8 Å². The van der Waals surface area contributed by atoms with Gasteiger partial charge < -0.3 is 9.94 Å². The van der Waals surface area contributed by atoms with Crippen molar-refractivity contribution in [1.29, 1.82) is 0 Å². The van der Waals surface area contributed by atoms with Crippen LogP contribution in [0.5, 0.6) is 0 Å². The second-order valence-electron chi connectivity index (χ2n) is 3.43. The third-order valence-electron chi connectivity index (χ3n) is 1.94. The molecule has 0 atom stereocenters. The molecule has 100 valence electrons. The summed E-state index contributed by atoms with van der Waals surface area (Å²) in [7, 11) is 0. The summed E-state index contributed by atoms with van der Waals surface area (Å²) in [6, 6.07) is 6.33. The normalized spacial score (nSPS) is 11.7. The molecule has 0 aliphatic rings. The van der Waals surface area contributed by atoms with Crippen molar-refractivity contribution in [1.82, 2.24) is 5.17 Å². The summed E-state index contributed by atoms with van der Waals surface area (Å²) in [4.78, 5) is 14.4. The Labute approximate surface area is 100 Å². The first-order valence-corrected chi connectivity index (χ1v) is 4.83. The van der Waals surface area contributed by atoms with Gasteiger partial charge in [-0.2, -0.15) is 13.2 Å². The molecule has 0 aliphatic carbocycles. The molecule has 3 N–H and O–H groups in total. The molecular formula is C10H11F3N2O3. The SMILES string of the molecule is NN(Cc1cccc(CO)c1)OC(=O)C(F)(F)F. The standard InChI is InChI=1S/C10H11F3N2O3/c11-10(12,13)9(17)18-15(14)5-7-2-1-3-8(4-7)6-16/h1-4,16H,5-6,14H2. The van der Waals surface area contributed by atoms with E-state index in [-0.39, 0.29) is 18.3 Å². The van der Waals surface area contributed by atoms with Gasteiger partial charge in [0.25, 0.3) is 0 Å². The van der Waals surface area contributed by atoms with Crippen LogP contribution in [0.25, 0.3) is 0 Å². The van der Waals surface area contributed by atoms with Crippen LogP contribution in [0, 0.1) is 0 Å². The van der Waals surface area contributed by atoms with E-state index in [9.17, 15) is 18.0 Å². The summed E-state index contributed by atoms with van der Waals surface area (Å²) in [5, 5.41) is 9.15. The number of aliphatic hydroxyl groups excluding tert-OH is 1. The molecule has 0 spiro atoms. The topological polar surface area (TPSA) is 75.8 Å². The number of hydrogen-bond acceptors (Lipinski definition) is 5. The Kier molecular flexibility index (Phi) is 4.65. The maximum absolute atomic E-state index is 11.9. The van der Waals surface area contributed by atoms with E-state index in [1.54, 1.807) is 18.2 Å². The molecule has 0 fully saturated rings. The molecule has 0 amide bonds. The molecular weight excluding hydrogens is 253 g/mol. The summed E-state index contributed by atoms with van der Waals surface area (Å²) in [5.41, 5.74) is 1.07. The summed E-state index contributed by atoms with van der Waals surface area (Å²) in [5.74, 6) is 2.74. The van der Waals surface area contributed by atoms with Gasteiger partial charge >= 0.3 is 12.1 Å². The van der Waals surface area contributed by atoms with E-state index in [0.29, 0.717) is 11.1 Å². The Balaban J connectivity index is 2.59. The maximum Gasteiger partial charge on any atom is 0.492 e. The molecule has 0 bridgehead atoms. The van der Waals surface area contributed by atoms with Crippen molar-refractivity contribution in [3.63, 3.8) is 0 Å². The number of hydroxylamine groups is 1. The number of halogens is 3. The van der Waals surface area contributed by atoms with E-state index in [2.05, 4.69) is 4.84 Å². The monoisotopic (exact) mass is 264 g/mol. The fourth-order valence-electron chi connectivity index (χ4n) is 1.20. The van der Waals surface area contributed by atoms with Gasteiger partial charge in [0.05, 0.1) is 13.2 Å². The third kappa shape index (κ3) is 4.32. The first-order chi connectivity index (χ1) is 8.32. The van der Waals surface area contributed by atoms with Gasteiger partial charge in [-0.1, -0.05) is 29.4 Å². The van der Waals surface area contributed by atoms with Crippen LogP contribution in [-0.4, -0.2) is 22.4 Å². The Morgan fingerprint density at radius 2 is 2.00 bits per heavy atom. The predicted octanol–water partition coefficient (Wildman–Crippen LogP) is 0.875. The predicted molar refractivity (Wildman–Crippen MR) is 54.2 cm³/mol. The number of rotatable bonds is 4. The molecule has 18 heavy (non-hydrogen) atoms. The molecule has 0 saturated carbocycles. The van der Waals surface area contributed by atoms with Crippen LogP contribution in [0.2, 0.25) is 0 Å². The number of nitrogens with two attached hydrogens (primary N) is 1. The minimum absolute atomic E-state index is 0.208. The minimum atomic E-state index is -5.09. The van der Waals surface area contributed by atoms with Gasteiger partial charge in [-0.15, -0.1) is 0 Å². The Morgan fingerprint density at radius 3 is 2.56 bits per heavy atom. The Hall–Kier alpha value is -1.64. The molecule has 0 heterocycles. The highest BCUT2D eigenvalue weighted by Crippen LogP contribution is 2.17. The summed E-state index contributed by atoms with van der Waals surface area (Å²) in [6.45, 7) is -0.434. The van der Waals surface area contributed by atoms with Gasteiger partial charge in [0.15, 0.2) is 0 Å². The highest BCUT2D eigenvalue weighted by molar-refractivity contribution is 5.75. The van der Waals surface area contributed by atoms with Gasteiger partial charge in [-0.25, -0.2) is 10.6 Å². The number of carbonyl (C=O) groups is 1. The van der Waals surface area contributed by atoms with Crippen molar-refractivity contribution in [2.45, 2.75) is 19.3 Å². The van der Waals surface area contributed by atoms with Crippen molar-refractivity contribution in [2.24, 2.45) is 5.84 Å². The maximum atomic E-state index is 11.9. The number of hydrazine groups is 1. The molecule has 0 aliphatic heterocycles. The Morgan fingerprint density at radius 1 is 1.39 bits per heavy atom. The molecule has 1 aromatic carbocycles. The van der Waals surface area contributed by atoms with Crippen LogP contribution < -0.4 is 5.84 Å². The number of nitrogens with zero attached hydrogens (tertiary/aromatic N) is 1. The van der Waals surface area contributed by atoms with Gasteiger partial charge in [0, 0.05) is 0 Å². The van der Waals surface area contributed by atoms with E-state index in [1.807, 2.05) is 0 Å². The lowest BCUT2D eigenvalue weighted by Gasteiger charge is -2.16. The molecule has 1 aromatic rings. The van der Waals surface area contributed by atoms with E-state index < -0.39 is 12.1 Å². The van der Waals surface area contributed by atoms with Crippen LogP contribution in [0.4, 0.5) is 13.2 Å².